The van der Waals surface area contributed by atoms with Gasteiger partial charge in [-0.25, -0.2) is 0 Å². The predicted octanol–water partition coefficient (Wildman–Crippen LogP) is 3.03. The minimum Gasteiger partial charge on any atom is -0.311 e. The summed E-state index contributed by atoms with van der Waals surface area (Å²) in [6, 6.07) is 6.07. The minimum atomic E-state index is 0.487. The van der Waals surface area contributed by atoms with Crippen molar-refractivity contribution >= 4 is 23.2 Å². The van der Waals surface area contributed by atoms with Crippen LogP contribution in [0.3, 0.4) is 0 Å². The molecule has 90 valence electrons. The molecule has 1 aromatic rings. The summed E-state index contributed by atoms with van der Waals surface area (Å²) in [6.07, 6.45) is 0. The van der Waals surface area contributed by atoms with E-state index in [1.165, 1.54) is 0 Å². The summed E-state index contributed by atoms with van der Waals surface area (Å²) in [5, 5.41) is 4.79. The van der Waals surface area contributed by atoms with Crippen molar-refractivity contribution in [1.82, 2.24) is 10.2 Å². The lowest BCUT2D eigenvalue weighted by atomic mass is 10.2. The van der Waals surface area contributed by atoms with E-state index < -0.39 is 0 Å². The Morgan fingerprint density at radius 2 is 1.81 bits per heavy atom. The topological polar surface area (TPSA) is 15.3 Å². The first-order valence-corrected chi connectivity index (χ1v) is 6.08. The number of likely N-dealkylation sites (N-methyl/N-ethyl adjacent to an activating group) is 1. The SMILES string of the molecule is CC(CNCc1c(Cl)cccc1Cl)N(C)C. The second-order valence-corrected chi connectivity index (χ2v) is 4.96. The third-order valence-electron chi connectivity index (χ3n) is 2.68. The molecule has 4 heteroatoms. The maximum atomic E-state index is 6.07. The van der Waals surface area contributed by atoms with E-state index in [1.807, 2.05) is 18.2 Å². The number of halogens is 2. The van der Waals surface area contributed by atoms with Gasteiger partial charge in [-0.15, -0.1) is 0 Å². The van der Waals surface area contributed by atoms with E-state index in [4.69, 9.17) is 23.2 Å². The molecule has 0 spiro atoms. The van der Waals surface area contributed by atoms with Gasteiger partial charge in [-0.2, -0.15) is 0 Å². The Morgan fingerprint density at radius 3 is 2.31 bits per heavy atom. The summed E-state index contributed by atoms with van der Waals surface area (Å²) in [5.74, 6) is 0. The molecular formula is C12H18Cl2N2. The Labute approximate surface area is 108 Å². The van der Waals surface area contributed by atoms with E-state index in [9.17, 15) is 0 Å². The minimum absolute atomic E-state index is 0.487. The second-order valence-electron chi connectivity index (χ2n) is 4.14. The zero-order chi connectivity index (χ0) is 12.1. The normalized spacial score (nSPS) is 13.1. The third kappa shape index (κ3) is 3.95. The first kappa shape index (κ1) is 13.8. The van der Waals surface area contributed by atoms with Crippen molar-refractivity contribution in [1.29, 1.82) is 0 Å². The van der Waals surface area contributed by atoms with Gasteiger partial charge in [-0.3, -0.25) is 0 Å². The highest BCUT2D eigenvalue weighted by Crippen LogP contribution is 2.23. The molecule has 16 heavy (non-hydrogen) atoms. The largest absolute Gasteiger partial charge is 0.311 e. The van der Waals surface area contributed by atoms with Crippen molar-refractivity contribution in [3.63, 3.8) is 0 Å². The van der Waals surface area contributed by atoms with Gasteiger partial charge < -0.3 is 10.2 Å². The fourth-order valence-electron chi connectivity index (χ4n) is 1.29. The highest BCUT2D eigenvalue weighted by Gasteiger charge is 2.07. The van der Waals surface area contributed by atoms with Crippen LogP contribution in [0.2, 0.25) is 10.0 Å². The molecule has 2 nitrogen and oxygen atoms in total. The van der Waals surface area contributed by atoms with Gasteiger partial charge in [0.05, 0.1) is 0 Å². The van der Waals surface area contributed by atoms with Gasteiger partial charge in [-0.05, 0) is 33.2 Å². The van der Waals surface area contributed by atoms with Crippen LogP contribution in [-0.4, -0.2) is 31.6 Å². The summed E-state index contributed by atoms with van der Waals surface area (Å²) in [7, 11) is 4.13. The summed E-state index contributed by atoms with van der Waals surface area (Å²) >= 11 is 12.1. The van der Waals surface area contributed by atoms with Crippen molar-refractivity contribution in [3.05, 3.63) is 33.8 Å². The molecule has 0 aliphatic heterocycles. The van der Waals surface area contributed by atoms with Crippen LogP contribution in [0.15, 0.2) is 18.2 Å². The fourth-order valence-corrected chi connectivity index (χ4v) is 1.82. The smallest absolute Gasteiger partial charge is 0.0465 e. The molecule has 0 aromatic heterocycles. The van der Waals surface area contributed by atoms with Crippen LogP contribution < -0.4 is 5.32 Å². The molecule has 1 atom stereocenters. The van der Waals surface area contributed by atoms with Crippen molar-refractivity contribution < 1.29 is 0 Å². The molecule has 1 N–H and O–H groups in total. The molecule has 0 aliphatic carbocycles. The molecule has 0 aliphatic rings. The van der Waals surface area contributed by atoms with Crippen LogP contribution in [0.4, 0.5) is 0 Å². The van der Waals surface area contributed by atoms with Crippen molar-refractivity contribution in [2.45, 2.75) is 19.5 Å². The van der Waals surface area contributed by atoms with Gasteiger partial charge in [0.25, 0.3) is 0 Å². The van der Waals surface area contributed by atoms with Gasteiger partial charge in [0, 0.05) is 34.7 Å². The number of rotatable bonds is 5. The summed E-state index contributed by atoms with van der Waals surface area (Å²) in [6.45, 7) is 3.78. The molecule has 0 radical (unpaired) electrons. The van der Waals surface area contributed by atoms with E-state index in [-0.39, 0.29) is 0 Å². The van der Waals surface area contributed by atoms with E-state index >= 15 is 0 Å². The van der Waals surface area contributed by atoms with Crippen molar-refractivity contribution in [2.75, 3.05) is 20.6 Å². The molecule has 0 amide bonds. The highest BCUT2D eigenvalue weighted by molar-refractivity contribution is 6.35. The van der Waals surface area contributed by atoms with Gasteiger partial charge in [0.15, 0.2) is 0 Å². The molecule has 0 saturated carbocycles. The van der Waals surface area contributed by atoms with Crippen LogP contribution in [0, 0.1) is 0 Å². The lowest BCUT2D eigenvalue weighted by molar-refractivity contribution is 0.302. The molecule has 0 heterocycles. The molecule has 1 rings (SSSR count). The molecule has 0 fully saturated rings. The van der Waals surface area contributed by atoms with E-state index in [1.54, 1.807) is 0 Å². The van der Waals surface area contributed by atoms with Crippen LogP contribution in [-0.2, 0) is 6.54 Å². The van der Waals surface area contributed by atoms with Crippen LogP contribution >= 0.6 is 23.2 Å². The summed E-state index contributed by atoms with van der Waals surface area (Å²) in [5.41, 5.74) is 0.969. The van der Waals surface area contributed by atoms with Crippen LogP contribution in [0.25, 0.3) is 0 Å². The number of benzene rings is 1. The van der Waals surface area contributed by atoms with Gasteiger partial charge in [0.1, 0.15) is 0 Å². The lowest BCUT2D eigenvalue weighted by Gasteiger charge is -2.20. The quantitative estimate of drug-likeness (QED) is 0.876. The van der Waals surface area contributed by atoms with Gasteiger partial charge in [-0.1, -0.05) is 29.3 Å². The Kier molecular flexibility index (Phi) is 5.56. The standard InChI is InChI=1S/C12H18Cl2N2/c1-9(16(2)3)7-15-8-10-11(13)5-4-6-12(10)14/h4-6,9,15H,7-8H2,1-3H3. The van der Waals surface area contributed by atoms with E-state index in [2.05, 4.69) is 31.2 Å². The molecule has 1 unspecified atom stereocenters. The predicted molar refractivity (Wildman–Crippen MR) is 71.3 cm³/mol. The van der Waals surface area contributed by atoms with Gasteiger partial charge in [0.2, 0.25) is 0 Å². The Morgan fingerprint density at radius 1 is 1.25 bits per heavy atom. The second kappa shape index (κ2) is 6.45. The zero-order valence-electron chi connectivity index (χ0n) is 9.93. The Bertz CT molecular complexity index is 320. The fraction of sp³-hybridized carbons (Fsp3) is 0.500. The van der Waals surface area contributed by atoms with Crippen LogP contribution in [0.1, 0.15) is 12.5 Å². The first-order valence-electron chi connectivity index (χ1n) is 5.32. The van der Waals surface area contributed by atoms with E-state index in [0.717, 1.165) is 22.2 Å². The summed E-state index contributed by atoms with van der Waals surface area (Å²) in [4.78, 5) is 2.17. The molecule has 0 bridgehead atoms. The summed E-state index contributed by atoms with van der Waals surface area (Å²) < 4.78 is 0. The number of hydrogen-bond donors (Lipinski definition) is 1. The Hall–Kier alpha value is -0.280. The maximum absolute atomic E-state index is 6.07. The number of nitrogens with zero attached hydrogens (tertiary/aromatic N) is 1. The van der Waals surface area contributed by atoms with Crippen LogP contribution in [0.5, 0.6) is 0 Å². The van der Waals surface area contributed by atoms with E-state index in [0.29, 0.717) is 12.6 Å². The first-order chi connectivity index (χ1) is 7.52. The third-order valence-corrected chi connectivity index (χ3v) is 3.39. The molecule has 0 saturated heterocycles. The number of nitrogens with one attached hydrogen (secondary N) is 1. The Balaban J connectivity index is 2.49. The highest BCUT2D eigenvalue weighted by atomic mass is 35.5. The van der Waals surface area contributed by atoms with Crippen molar-refractivity contribution in [3.8, 4) is 0 Å². The number of hydrogen-bond acceptors (Lipinski definition) is 2. The molecule has 1 aromatic carbocycles. The van der Waals surface area contributed by atoms with Gasteiger partial charge >= 0.3 is 0 Å². The average molecular weight is 261 g/mol. The monoisotopic (exact) mass is 260 g/mol. The molecular weight excluding hydrogens is 243 g/mol. The zero-order valence-corrected chi connectivity index (χ0v) is 11.4. The van der Waals surface area contributed by atoms with Crippen molar-refractivity contribution in [2.24, 2.45) is 0 Å². The lowest BCUT2D eigenvalue weighted by Crippen LogP contribution is -2.35. The average Bonchev–Trinajstić information content (AvgIpc) is 2.22. The maximum Gasteiger partial charge on any atom is 0.0465 e.